The van der Waals surface area contributed by atoms with Crippen molar-refractivity contribution < 1.29 is 6.22 Å². The molecule has 0 atom stereocenters. The molecule has 1 aromatic rings. The van der Waals surface area contributed by atoms with Crippen molar-refractivity contribution in [2.75, 3.05) is 11.1 Å². The van der Waals surface area contributed by atoms with E-state index in [9.17, 15) is 4.79 Å². The summed E-state index contributed by atoms with van der Waals surface area (Å²) < 4.78 is 0. The molecular weight excluding hydrogens is 230 g/mol. The molecule has 3 heteroatoms. The molecule has 0 saturated heterocycles. The fourth-order valence-electron chi connectivity index (χ4n) is 2.39. The van der Waals surface area contributed by atoms with Crippen LogP contribution in [-0.4, -0.2) is 11.5 Å². The van der Waals surface area contributed by atoms with Gasteiger partial charge >= 0.3 is 0 Å². The van der Waals surface area contributed by atoms with Crippen LogP contribution in [0.2, 0.25) is 0 Å². The van der Waals surface area contributed by atoms with Gasteiger partial charge in [-0.1, -0.05) is 17.8 Å². The molecule has 0 unspecified atom stereocenters. The topological polar surface area (TPSA) is 29.1 Å². The number of nitrogens with one attached hydrogen (secondary N) is 1. The van der Waals surface area contributed by atoms with Gasteiger partial charge in [0.25, 0.3) is 0 Å². The van der Waals surface area contributed by atoms with Crippen LogP contribution in [0.1, 0.15) is 25.9 Å². The molecule has 0 bridgehead atoms. The van der Waals surface area contributed by atoms with Gasteiger partial charge in [-0.3, -0.25) is 4.79 Å². The minimum absolute atomic E-state index is 0. The van der Waals surface area contributed by atoms with Crippen molar-refractivity contribution in [3.63, 3.8) is 0 Å². The molecule has 0 saturated carbocycles. The van der Waals surface area contributed by atoms with Gasteiger partial charge in [-0.15, -0.1) is 0 Å². The number of hydrogen-bond acceptors (Lipinski definition) is 3. The Bertz CT molecular complexity index is 525. The maximum absolute atomic E-state index is 11.4. The number of ketones is 1. The smallest absolute Gasteiger partial charge is 0.171 e. The van der Waals surface area contributed by atoms with Gasteiger partial charge in [0.2, 0.25) is 0 Å². The first kappa shape index (κ1) is 10.9. The Kier molecular flexibility index (Phi) is 2.71. The summed E-state index contributed by atoms with van der Waals surface area (Å²) in [4.78, 5) is 11.4. The van der Waals surface area contributed by atoms with Gasteiger partial charge in [0.15, 0.2) is 5.78 Å². The Hall–Kier alpha value is -1.22. The van der Waals surface area contributed by atoms with E-state index in [0.717, 1.165) is 16.3 Å². The number of aryl methyl sites for hydroxylation is 2. The molecule has 0 spiro atoms. The largest absolute Gasteiger partial charge is 0.350 e. The quantitative estimate of drug-likeness (QED) is 0.868. The van der Waals surface area contributed by atoms with Gasteiger partial charge in [-0.25, -0.2) is 0 Å². The van der Waals surface area contributed by atoms with E-state index < -0.39 is 0 Å². The van der Waals surface area contributed by atoms with Crippen LogP contribution in [-0.2, 0) is 17.6 Å². The molecule has 0 fully saturated rings. The monoisotopic (exact) mass is 247 g/mol. The van der Waals surface area contributed by atoms with Crippen LogP contribution >= 0.6 is 11.8 Å². The third-order valence-corrected chi connectivity index (χ3v) is 4.57. The fourth-order valence-corrected chi connectivity index (χ4v) is 3.40. The van der Waals surface area contributed by atoms with Gasteiger partial charge in [0.1, 0.15) is 0 Å². The molecule has 1 aliphatic heterocycles. The molecule has 90 valence electrons. The van der Waals surface area contributed by atoms with Crippen LogP contribution in [0, 0.1) is 0 Å². The number of carbonyl (C=O) groups excluding carboxylic acids is 1. The van der Waals surface area contributed by atoms with Crippen LogP contribution in [0.4, 0.5) is 5.69 Å². The molecule has 1 N–H and O–H groups in total. The van der Waals surface area contributed by atoms with Crippen molar-refractivity contribution in [3.8, 4) is 0 Å². The van der Waals surface area contributed by atoms with E-state index >= 15 is 0 Å². The minimum Gasteiger partial charge on any atom is -0.350 e. The third-order valence-electron chi connectivity index (χ3n) is 3.46. The molecule has 1 aliphatic carbocycles. The molecular formula is C14H17NOS. The summed E-state index contributed by atoms with van der Waals surface area (Å²) in [6.45, 7) is 1.90. The Morgan fingerprint density at radius 3 is 2.88 bits per heavy atom. The van der Waals surface area contributed by atoms with Gasteiger partial charge in [0, 0.05) is 12.7 Å². The number of fused-ring (bicyclic) bond motifs is 1. The van der Waals surface area contributed by atoms with Crippen LogP contribution in [0.25, 0.3) is 0 Å². The highest BCUT2D eigenvalue weighted by Gasteiger charge is 2.20. The van der Waals surface area contributed by atoms with Crippen molar-refractivity contribution in [1.82, 2.24) is 0 Å². The average molecular weight is 247 g/mol. The summed E-state index contributed by atoms with van der Waals surface area (Å²) in [6, 6.07) is 6.56. The molecule has 3 rings (SSSR count). The van der Waals surface area contributed by atoms with Crippen LogP contribution < -0.4 is 5.32 Å². The molecule has 2 aliphatic rings. The van der Waals surface area contributed by atoms with Crippen molar-refractivity contribution in [1.29, 1.82) is 0 Å². The number of anilines is 1. The lowest BCUT2D eigenvalue weighted by Gasteiger charge is -2.09. The van der Waals surface area contributed by atoms with E-state index in [1.165, 1.54) is 30.4 Å². The summed E-state index contributed by atoms with van der Waals surface area (Å²) in [5.41, 5.74) is 4.93. The maximum atomic E-state index is 11.4. The Balaban J connectivity index is 0.00000120. The van der Waals surface area contributed by atoms with Crippen molar-refractivity contribution in [2.24, 2.45) is 0 Å². The van der Waals surface area contributed by atoms with E-state index in [0.29, 0.717) is 5.75 Å². The highest BCUT2D eigenvalue weighted by molar-refractivity contribution is 8.04. The Labute approximate surface area is 107 Å². The first-order chi connectivity index (χ1) is 8.24. The normalized spacial score (nSPS) is 18.8. The van der Waals surface area contributed by atoms with Crippen molar-refractivity contribution in [3.05, 3.63) is 39.9 Å². The zero-order valence-electron chi connectivity index (χ0n) is 9.88. The van der Waals surface area contributed by atoms with Gasteiger partial charge in [-0.2, -0.15) is 0 Å². The molecule has 0 aromatic heterocycles. The second-order valence-electron chi connectivity index (χ2n) is 4.63. The van der Waals surface area contributed by atoms with Crippen LogP contribution in [0.5, 0.6) is 0 Å². The number of allylic oxidation sites excluding steroid dienone is 1. The molecule has 0 amide bonds. The zero-order chi connectivity index (χ0) is 11.8. The minimum atomic E-state index is 0. The second kappa shape index (κ2) is 4.22. The van der Waals surface area contributed by atoms with E-state index in [1.807, 2.05) is 6.92 Å². The van der Waals surface area contributed by atoms with Crippen molar-refractivity contribution >= 4 is 23.2 Å². The zero-order valence-corrected chi connectivity index (χ0v) is 10.7. The standard InChI is InChI=1S/C14H15NOS.H2/c1-9-13(16)8-17-14(9)15-12-6-5-10-3-2-4-11(10)7-12;/h5-7,15H,2-4,8H2,1H3;1H. The lowest BCUT2D eigenvalue weighted by molar-refractivity contribution is -0.113. The number of benzene rings is 1. The summed E-state index contributed by atoms with van der Waals surface area (Å²) >= 11 is 1.61. The number of hydrogen-bond donors (Lipinski definition) is 1. The highest BCUT2D eigenvalue weighted by atomic mass is 32.2. The number of Topliss-reactive ketones (excluding diaryl/α,β-unsaturated/α-hetero) is 1. The molecule has 17 heavy (non-hydrogen) atoms. The first-order valence-corrected chi connectivity index (χ1v) is 6.98. The van der Waals surface area contributed by atoms with Crippen molar-refractivity contribution in [2.45, 2.75) is 26.2 Å². The van der Waals surface area contributed by atoms with Crippen LogP contribution in [0.15, 0.2) is 28.8 Å². The maximum Gasteiger partial charge on any atom is 0.171 e. The molecule has 0 radical (unpaired) electrons. The van der Waals surface area contributed by atoms with E-state index in [1.54, 1.807) is 11.8 Å². The summed E-state index contributed by atoms with van der Waals surface area (Å²) in [5.74, 6) is 0.831. The number of carbonyl (C=O) groups is 1. The SMILES string of the molecule is CC1=C(Nc2ccc3c(c2)CCC3)SCC1=O.[HH]. The predicted molar refractivity (Wildman–Crippen MR) is 74.4 cm³/mol. The molecule has 2 nitrogen and oxygen atoms in total. The van der Waals surface area contributed by atoms with E-state index in [4.69, 9.17) is 0 Å². The first-order valence-electron chi connectivity index (χ1n) is 6.00. The summed E-state index contributed by atoms with van der Waals surface area (Å²) in [7, 11) is 0. The van der Waals surface area contributed by atoms with Gasteiger partial charge in [-0.05, 0) is 49.4 Å². The summed E-state index contributed by atoms with van der Waals surface area (Å²) in [5, 5.41) is 4.39. The molecule has 1 aromatic carbocycles. The van der Waals surface area contributed by atoms with Crippen LogP contribution in [0.3, 0.4) is 0 Å². The highest BCUT2D eigenvalue weighted by Crippen LogP contribution is 2.31. The fraction of sp³-hybridized carbons (Fsp3) is 0.357. The van der Waals surface area contributed by atoms with Gasteiger partial charge < -0.3 is 5.32 Å². The van der Waals surface area contributed by atoms with Gasteiger partial charge in [0.05, 0.1) is 10.8 Å². The lowest BCUT2D eigenvalue weighted by atomic mass is 10.1. The number of thioether (sulfide) groups is 1. The lowest BCUT2D eigenvalue weighted by Crippen LogP contribution is -1.99. The molecule has 1 heterocycles. The Morgan fingerprint density at radius 2 is 2.12 bits per heavy atom. The second-order valence-corrected chi connectivity index (χ2v) is 5.61. The number of rotatable bonds is 2. The Morgan fingerprint density at radius 1 is 1.29 bits per heavy atom. The predicted octanol–water partition coefficient (Wildman–Crippen LogP) is 3.38. The van der Waals surface area contributed by atoms with E-state index in [-0.39, 0.29) is 7.21 Å². The summed E-state index contributed by atoms with van der Waals surface area (Å²) in [6.07, 6.45) is 3.67. The van der Waals surface area contributed by atoms with E-state index in [2.05, 4.69) is 23.5 Å². The third kappa shape index (κ3) is 2.00. The average Bonchev–Trinajstić information content (AvgIpc) is 2.90.